The predicted molar refractivity (Wildman–Crippen MR) is 88.2 cm³/mol. The maximum Gasteiger partial charge on any atom is 0.417 e. The van der Waals surface area contributed by atoms with Crippen molar-refractivity contribution in [1.82, 2.24) is 0 Å². The van der Waals surface area contributed by atoms with E-state index in [1.165, 1.54) is 25.1 Å². The predicted octanol–water partition coefficient (Wildman–Crippen LogP) is 3.72. The van der Waals surface area contributed by atoms with E-state index in [9.17, 15) is 32.9 Å². The highest BCUT2D eigenvalue weighted by molar-refractivity contribution is 5.96. The second-order valence-electron chi connectivity index (χ2n) is 5.43. The molecule has 0 heterocycles. The van der Waals surface area contributed by atoms with Crippen molar-refractivity contribution in [1.29, 1.82) is 0 Å². The van der Waals surface area contributed by atoms with Crippen molar-refractivity contribution in [3.05, 3.63) is 69.3 Å². The summed E-state index contributed by atoms with van der Waals surface area (Å²) in [6.07, 6.45) is -4.75. The largest absolute Gasteiger partial charge is 0.452 e. The number of nitrogens with one attached hydrogen (secondary N) is 1. The number of amides is 1. The minimum atomic E-state index is -4.75. The Hall–Kier alpha value is -3.43. The van der Waals surface area contributed by atoms with Crippen molar-refractivity contribution in [3.8, 4) is 0 Å². The lowest BCUT2D eigenvalue weighted by molar-refractivity contribution is -0.385. The monoisotopic (exact) mass is 382 g/mol. The van der Waals surface area contributed by atoms with Gasteiger partial charge in [0.05, 0.1) is 16.1 Å². The molecule has 0 fully saturated rings. The Kier molecular flexibility index (Phi) is 5.78. The van der Waals surface area contributed by atoms with E-state index in [0.29, 0.717) is 5.56 Å². The van der Waals surface area contributed by atoms with Crippen LogP contribution in [0.4, 0.5) is 24.5 Å². The van der Waals surface area contributed by atoms with E-state index in [1.807, 2.05) is 0 Å². The van der Waals surface area contributed by atoms with E-state index < -0.39 is 40.7 Å². The standard InChI is InChI=1S/C17H13F3N2O5/c1-10-6-7-11(8-14(10)22(25)26)21-15(23)9-27-16(24)12-4-2-3-5-13(12)17(18,19)20/h2-8H,9H2,1H3,(H,21,23). The summed E-state index contributed by atoms with van der Waals surface area (Å²) in [6, 6.07) is 7.96. The molecule has 0 aliphatic rings. The van der Waals surface area contributed by atoms with Gasteiger partial charge in [0.1, 0.15) is 0 Å². The third kappa shape index (κ3) is 5.03. The molecule has 1 amide bonds. The van der Waals surface area contributed by atoms with Crippen LogP contribution in [0.15, 0.2) is 42.5 Å². The first kappa shape index (κ1) is 19.9. The first-order valence-corrected chi connectivity index (χ1v) is 7.48. The lowest BCUT2D eigenvalue weighted by Gasteiger charge is -2.12. The highest BCUT2D eigenvalue weighted by Crippen LogP contribution is 2.32. The van der Waals surface area contributed by atoms with Gasteiger partial charge in [-0.15, -0.1) is 0 Å². The molecule has 0 saturated heterocycles. The number of halogens is 3. The number of hydrogen-bond donors (Lipinski definition) is 1. The van der Waals surface area contributed by atoms with E-state index in [0.717, 1.165) is 24.3 Å². The van der Waals surface area contributed by atoms with Crippen LogP contribution in [0.3, 0.4) is 0 Å². The Morgan fingerprint density at radius 1 is 1.19 bits per heavy atom. The number of aryl methyl sites for hydroxylation is 1. The van der Waals surface area contributed by atoms with Gasteiger partial charge in [0.2, 0.25) is 0 Å². The lowest BCUT2D eigenvalue weighted by atomic mass is 10.1. The van der Waals surface area contributed by atoms with Crippen LogP contribution in [0.2, 0.25) is 0 Å². The fourth-order valence-corrected chi connectivity index (χ4v) is 2.20. The fourth-order valence-electron chi connectivity index (χ4n) is 2.20. The van der Waals surface area contributed by atoms with Crippen molar-refractivity contribution in [2.45, 2.75) is 13.1 Å². The minimum absolute atomic E-state index is 0.0871. The first-order chi connectivity index (χ1) is 12.6. The summed E-state index contributed by atoms with van der Waals surface area (Å²) >= 11 is 0. The molecule has 2 aromatic rings. The van der Waals surface area contributed by atoms with E-state index in [-0.39, 0.29) is 11.4 Å². The molecule has 10 heteroatoms. The number of benzene rings is 2. The zero-order chi connectivity index (χ0) is 20.2. The number of carbonyl (C=O) groups is 2. The quantitative estimate of drug-likeness (QED) is 0.483. The average molecular weight is 382 g/mol. The summed E-state index contributed by atoms with van der Waals surface area (Å²) in [4.78, 5) is 33.9. The Morgan fingerprint density at radius 3 is 2.48 bits per heavy atom. The second kappa shape index (κ2) is 7.85. The van der Waals surface area contributed by atoms with Gasteiger partial charge in [-0.2, -0.15) is 13.2 Å². The Bertz CT molecular complexity index is 896. The molecule has 2 aromatic carbocycles. The van der Waals surface area contributed by atoms with Crippen LogP contribution in [0.1, 0.15) is 21.5 Å². The Balaban J connectivity index is 2.04. The molecule has 2 rings (SSSR count). The molecule has 0 bridgehead atoms. The van der Waals surface area contributed by atoms with Crippen molar-refractivity contribution >= 4 is 23.3 Å². The van der Waals surface area contributed by atoms with E-state index in [2.05, 4.69) is 10.1 Å². The van der Waals surface area contributed by atoms with Crippen LogP contribution in [-0.4, -0.2) is 23.4 Å². The van der Waals surface area contributed by atoms with Crippen LogP contribution >= 0.6 is 0 Å². The maximum absolute atomic E-state index is 12.9. The molecule has 1 N–H and O–H groups in total. The maximum atomic E-state index is 12.9. The van der Waals surface area contributed by atoms with Gasteiger partial charge in [-0.05, 0) is 25.1 Å². The molecule has 0 aliphatic heterocycles. The van der Waals surface area contributed by atoms with Crippen LogP contribution in [-0.2, 0) is 15.7 Å². The van der Waals surface area contributed by atoms with Gasteiger partial charge in [-0.25, -0.2) is 4.79 Å². The molecule has 0 unspecified atom stereocenters. The zero-order valence-electron chi connectivity index (χ0n) is 13.9. The summed E-state index contributed by atoms with van der Waals surface area (Å²) < 4.78 is 43.3. The fraction of sp³-hybridized carbons (Fsp3) is 0.176. The second-order valence-corrected chi connectivity index (χ2v) is 5.43. The van der Waals surface area contributed by atoms with Gasteiger partial charge >= 0.3 is 12.1 Å². The van der Waals surface area contributed by atoms with Crippen molar-refractivity contribution in [3.63, 3.8) is 0 Å². The third-order valence-electron chi connectivity index (χ3n) is 3.48. The highest BCUT2D eigenvalue weighted by atomic mass is 19.4. The van der Waals surface area contributed by atoms with Crippen LogP contribution < -0.4 is 5.32 Å². The Morgan fingerprint density at radius 2 is 1.85 bits per heavy atom. The molecule has 27 heavy (non-hydrogen) atoms. The number of ether oxygens (including phenoxy) is 1. The van der Waals surface area contributed by atoms with Gasteiger partial charge < -0.3 is 10.1 Å². The molecule has 0 atom stereocenters. The lowest BCUT2D eigenvalue weighted by Crippen LogP contribution is -2.22. The number of esters is 1. The number of nitro benzene ring substituents is 1. The van der Waals surface area contributed by atoms with Gasteiger partial charge in [0.15, 0.2) is 6.61 Å². The molecule has 0 aromatic heterocycles. The van der Waals surface area contributed by atoms with Gasteiger partial charge in [-0.1, -0.05) is 18.2 Å². The van der Waals surface area contributed by atoms with E-state index >= 15 is 0 Å². The molecule has 142 valence electrons. The molecule has 0 saturated carbocycles. The van der Waals surface area contributed by atoms with Crippen LogP contribution in [0.5, 0.6) is 0 Å². The number of rotatable bonds is 5. The Labute approximate surface area is 150 Å². The topological polar surface area (TPSA) is 98.5 Å². The number of nitrogens with zero attached hydrogens (tertiary/aromatic N) is 1. The van der Waals surface area contributed by atoms with Gasteiger partial charge in [-0.3, -0.25) is 14.9 Å². The zero-order valence-corrected chi connectivity index (χ0v) is 13.9. The molecular weight excluding hydrogens is 369 g/mol. The summed E-state index contributed by atoms with van der Waals surface area (Å²) in [7, 11) is 0. The molecule has 0 spiro atoms. The molecule has 0 aliphatic carbocycles. The summed E-state index contributed by atoms with van der Waals surface area (Å²) in [5.41, 5.74) is -1.64. The average Bonchev–Trinajstić information content (AvgIpc) is 2.60. The van der Waals surface area contributed by atoms with E-state index in [4.69, 9.17) is 0 Å². The molecular formula is C17H13F3N2O5. The third-order valence-corrected chi connectivity index (χ3v) is 3.48. The van der Waals surface area contributed by atoms with Crippen molar-refractivity contribution in [2.24, 2.45) is 0 Å². The number of alkyl halides is 3. The van der Waals surface area contributed by atoms with E-state index in [1.54, 1.807) is 0 Å². The summed E-state index contributed by atoms with van der Waals surface area (Å²) in [5.74, 6) is -2.17. The highest BCUT2D eigenvalue weighted by Gasteiger charge is 2.35. The smallest absolute Gasteiger partial charge is 0.417 e. The first-order valence-electron chi connectivity index (χ1n) is 7.48. The SMILES string of the molecule is Cc1ccc(NC(=O)COC(=O)c2ccccc2C(F)(F)F)cc1[N+](=O)[O-]. The van der Waals surface area contributed by atoms with Crippen LogP contribution in [0, 0.1) is 17.0 Å². The van der Waals surface area contributed by atoms with Crippen molar-refractivity contribution in [2.75, 3.05) is 11.9 Å². The molecule has 7 nitrogen and oxygen atoms in total. The summed E-state index contributed by atoms with van der Waals surface area (Å²) in [6.45, 7) is 0.663. The number of hydrogen-bond acceptors (Lipinski definition) is 5. The normalized spacial score (nSPS) is 11.0. The van der Waals surface area contributed by atoms with Crippen molar-refractivity contribution < 1.29 is 32.4 Å². The minimum Gasteiger partial charge on any atom is -0.452 e. The van der Waals surface area contributed by atoms with Crippen LogP contribution in [0.25, 0.3) is 0 Å². The summed E-state index contributed by atoms with van der Waals surface area (Å²) in [5, 5.41) is 13.1. The number of carbonyl (C=O) groups excluding carboxylic acids is 2. The van der Waals surface area contributed by atoms with Gasteiger partial charge in [0.25, 0.3) is 11.6 Å². The number of anilines is 1. The van der Waals surface area contributed by atoms with Gasteiger partial charge in [0, 0.05) is 17.3 Å². The number of nitro groups is 1. The molecule has 0 radical (unpaired) electrons.